The Hall–Kier alpha value is -2.35. The van der Waals surface area contributed by atoms with Crippen LogP contribution >= 0.6 is 0 Å². The first kappa shape index (κ1) is 17.5. The van der Waals surface area contributed by atoms with Crippen LogP contribution in [0.5, 0.6) is 0 Å². The Morgan fingerprint density at radius 2 is 2.12 bits per heavy atom. The number of anilines is 2. The van der Waals surface area contributed by atoms with Crippen LogP contribution in [-0.4, -0.2) is 35.8 Å². The van der Waals surface area contributed by atoms with Gasteiger partial charge in [-0.3, -0.25) is 0 Å². The lowest BCUT2D eigenvalue weighted by Crippen LogP contribution is -2.41. The second kappa shape index (κ2) is 7.26. The number of nitrogens with one attached hydrogen (secondary N) is 1. The summed E-state index contributed by atoms with van der Waals surface area (Å²) in [5, 5.41) is 2.74. The molecule has 1 N–H and O–H groups in total. The van der Waals surface area contributed by atoms with E-state index in [0.717, 1.165) is 30.5 Å². The van der Waals surface area contributed by atoms with E-state index < -0.39 is 11.7 Å². The first-order valence-corrected chi connectivity index (χ1v) is 8.01. The smallest absolute Gasteiger partial charge is 0.375 e. The van der Waals surface area contributed by atoms with E-state index in [-0.39, 0.29) is 18.5 Å². The van der Waals surface area contributed by atoms with Crippen molar-refractivity contribution in [3.8, 4) is 0 Å². The lowest BCUT2D eigenvalue weighted by atomic mass is 10.2. The lowest BCUT2D eigenvalue weighted by molar-refractivity contribution is -0.137. The maximum Gasteiger partial charge on any atom is 0.419 e. The molecule has 2 aromatic rings. The van der Waals surface area contributed by atoms with Crippen LogP contribution in [0.3, 0.4) is 0 Å². The van der Waals surface area contributed by atoms with Crippen molar-refractivity contribution in [3.63, 3.8) is 0 Å². The Morgan fingerprint density at radius 3 is 2.80 bits per heavy atom. The number of ether oxygens (including phenoxy) is 1. The molecule has 2 aromatic heterocycles. The molecule has 0 saturated carbocycles. The molecule has 1 fully saturated rings. The average Bonchev–Trinajstić information content (AvgIpc) is 2.60. The van der Waals surface area contributed by atoms with E-state index in [1.165, 1.54) is 12.3 Å². The van der Waals surface area contributed by atoms with E-state index in [1.54, 1.807) is 6.20 Å². The van der Waals surface area contributed by atoms with Gasteiger partial charge in [-0.2, -0.15) is 13.2 Å². The predicted octanol–water partition coefficient (Wildman–Crippen LogP) is 3.33. The molecule has 5 nitrogen and oxygen atoms in total. The number of nitrogens with zero attached hydrogens (tertiary/aromatic N) is 3. The molecule has 0 aliphatic carbocycles. The normalized spacial score (nSPS) is 18.2. The fourth-order valence-electron chi connectivity index (χ4n) is 2.70. The zero-order chi connectivity index (χ0) is 17.9. The Bertz CT molecular complexity index is 706. The van der Waals surface area contributed by atoms with Crippen molar-refractivity contribution in [2.75, 3.05) is 29.9 Å². The highest BCUT2D eigenvalue weighted by molar-refractivity contribution is 5.46. The van der Waals surface area contributed by atoms with E-state index >= 15 is 0 Å². The molecular formula is C17H19F3N4O. The summed E-state index contributed by atoms with van der Waals surface area (Å²) in [5.74, 6) is 0.661. The molecule has 3 heterocycles. The first-order chi connectivity index (χ1) is 11.9. The molecule has 25 heavy (non-hydrogen) atoms. The molecular weight excluding hydrogens is 333 g/mol. The van der Waals surface area contributed by atoms with E-state index in [2.05, 4.69) is 20.2 Å². The summed E-state index contributed by atoms with van der Waals surface area (Å²) in [6, 6.07) is 6.01. The van der Waals surface area contributed by atoms with Gasteiger partial charge in [-0.05, 0) is 30.7 Å². The van der Waals surface area contributed by atoms with Crippen molar-refractivity contribution in [2.45, 2.75) is 25.7 Å². The van der Waals surface area contributed by atoms with Crippen molar-refractivity contribution < 1.29 is 17.9 Å². The topological polar surface area (TPSA) is 50.3 Å². The number of alkyl halides is 3. The molecule has 1 atom stereocenters. The molecule has 1 unspecified atom stereocenters. The minimum absolute atomic E-state index is 0.154. The molecule has 0 radical (unpaired) electrons. The molecule has 134 valence electrons. The Kier molecular flexibility index (Phi) is 5.08. The molecule has 0 aromatic carbocycles. The van der Waals surface area contributed by atoms with Gasteiger partial charge >= 0.3 is 6.18 Å². The maximum absolute atomic E-state index is 13.0. The summed E-state index contributed by atoms with van der Waals surface area (Å²) >= 11 is 0. The van der Waals surface area contributed by atoms with Crippen LogP contribution in [0.25, 0.3) is 0 Å². The van der Waals surface area contributed by atoms with E-state index in [1.807, 2.05) is 19.1 Å². The molecule has 1 aliphatic heterocycles. The molecule has 0 spiro atoms. The zero-order valence-electron chi connectivity index (χ0n) is 13.8. The van der Waals surface area contributed by atoms with E-state index in [0.29, 0.717) is 6.61 Å². The van der Waals surface area contributed by atoms with Gasteiger partial charge in [0.25, 0.3) is 0 Å². The van der Waals surface area contributed by atoms with Crippen LogP contribution in [0.15, 0.2) is 36.7 Å². The SMILES string of the molecule is CC1CN(c2ccc(CNc3ncccc3C(F)(F)F)cn2)CCO1. The molecule has 1 saturated heterocycles. The number of rotatable bonds is 4. The Balaban J connectivity index is 1.65. The van der Waals surface area contributed by atoms with Gasteiger partial charge < -0.3 is 15.0 Å². The van der Waals surface area contributed by atoms with Crippen LogP contribution < -0.4 is 10.2 Å². The highest BCUT2D eigenvalue weighted by Crippen LogP contribution is 2.33. The van der Waals surface area contributed by atoms with Crippen molar-refractivity contribution in [1.29, 1.82) is 0 Å². The number of morpholine rings is 1. The third kappa shape index (κ3) is 4.39. The van der Waals surface area contributed by atoms with Crippen molar-refractivity contribution >= 4 is 11.6 Å². The third-order valence-electron chi connectivity index (χ3n) is 3.95. The van der Waals surface area contributed by atoms with Gasteiger partial charge in [-0.1, -0.05) is 6.07 Å². The lowest BCUT2D eigenvalue weighted by Gasteiger charge is -2.32. The number of aromatic nitrogens is 2. The van der Waals surface area contributed by atoms with E-state index in [4.69, 9.17) is 4.74 Å². The van der Waals surface area contributed by atoms with Gasteiger partial charge in [-0.15, -0.1) is 0 Å². The number of pyridine rings is 2. The third-order valence-corrected chi connectivity index (χ3v) is 3.95. The second-order valence-electron chi connectivity index (χ2n) is 5.90. The van der Waals surface area contributed by atoms with Crippen LogP contribution in [0.2, 0.25) is 0 Å². The molecule has 3 rings (SSSR count). The van der Waals surface area contributed by atoms with Gasteiger partial charge in [0.1, 0.15) is 11.6 Å². The quantitative estimate of drug-likeness (QED) is 0.915. The van der Waals surface area contributed by atoms with Crippen LogP contribution in [0.4, 0.5) is 24.8 Å². The summed E-state index contributed by atoms with van der Waals surface area (Å²) < 4.78 is 44.4. The molecule has 0 amide bonds. The summed E-state index contributed by atoms with van der Waals surface area (Å²) in [7, 11) is 0. The Morgan fingerprint density at radius 1 is 1.28 bits per heavy atom. The standard InChI is InChI=1S/C17H19F3N4O/c1-12-11-24(7-8-25-12)15-5-4-13(9-22-15)10-23-16-14(17(18,19)20)3-2-6-21-16/h2-6,9,12H,7-8,10-11H2,1H3,(H,21,23). The number of hydrogen-bond acceptors (Lipinski definition) is 5. The summed E-state index contributed by atoms with van der Waals surface area (Å²) in [6.45, 7) is 4.43. The van der Waals surface area contributed by atoms with Crippen LogP contribution in [0, 0.1) is 0 Å². The van der Waals surface area contributed by atoms with E-state index in [9.17, 15) is 13.2 Å². The first-order valence-electron chi connectivity index (χ1n) is 8.01. The van der Waals surface area contributed by atoms with Gasteiger partial charge in [0.15, 0.2) is 0 Å². The number of halogens is 3. The highest BCUT2D eigenvalue weighted by Gasteiger charge is 2.34. The summed E-state index contributed by atoms with van der Waals surface area (Å²) in [5.41, 5.74) is 0.00530. The monoisotopic (exact) mass is 352 g/mol. The average molecular weight is 352 g/mol. The minimum atomic E-state index is -4.44. The Labute approximate surface area is 143 Å². The summed E-state index contributed by atoms with van der Waals surface area (Å²) in [4.78, 5) is 10.3. The van der Waals surface area contributed by atoms with Crippen LogP contribution in [-0.2, 0) is 17.5 Å². The minimum Gasteiger partial charge on any atom is -0.375 e. The second-order valence-corrected chi connectivity index (χ2v) is 5.90. The molecule has 1 aliphatic rings. The maximum atomic E-state index is 13.0. The largest absolute Gasteiger partial charge is 0.419 e. The molecule has 0 bridgehead atoms. The number of hydrogen-bond donors (Lipinski definition) is 1. The fraction of sp³-hybridized carbons (Fsp3) is 0.412. The van der Waals surface area contributed by atoms with Crippen molar-refractivity contribution in [3.05, 3.63) is 47.8 Å². The van der Waals surface area contributed by atoms with Crippen molar-refractivity contribution in [1.82, 2.24) is 9.97 Å². The van der Waals surface area contributed by atoms with Gasteiger partial charge in [0, 0.05) is 32.0 Å². The zero-order valence-corrected chi connectivity index (χ0v) is 13.8. The summed E-state index contributed by atoms with van der Waals surface area (Å²) in [6.07, 6.45) is -1.29. The van der Waals surface area contributed by atoms with Crippen LogP contribution in [0.1, 0.15) is 18.1 Å². The predicted molar refractivity (Wildman–Crippen MR) is 88.4 cm³/mol. The van der Waals surface area contributed by atoms with Gasteiger partial charge in [0.2, 0.25) is 0 Å². The van der Waals surface area contributed by atoms with Gasteiger partial charge in [0.05, 0.1) is 18.3 Å². The van der Waals surface area contributed by atoms with Crippen molar-refractivity contribution in [2.24, 2.45) is 0 Å². The molecule has 8 heteroatoms. The van der Waals surface area contributed by atoms with Gasteiger partial charge in [-0.25, -0.2) is 9.97 Å². The highest BCUT2D eigenvalue weighted by atomic mass is 19.4. The fourth-order valence-corrected chi connectivity index (χ4v) is 2.70.